The Morgan fingerprint density at radius 3 is 2.77 bits per heavy atom. The highest BCUT2D eigenvalue weighted by Crippen LogP contribution is 2.02. The summed E-state index contributed by atoms with van der Waals surface area (Å²) in [5, 5.41) is 0. The van der Waals surface area contributed by atoms with Crippen LogP contribution in [0, 0.1) is 6.92 Å². The van der Waals surface area contributed by atoms with Crippen molar-refractivity contribution in [2.24, 2.45) is 5.73 Å². The molecule has 0 unspecified atom stereocenters. The molecule has 13 heavy (non-hydrogen) atoms. The van der Waals surface area contributed by atoms with Crippen LogP contribution < -0.4 is 5.73 Å². The van der Waals surface area contributed by atoms with Crippen molar-refractivity contribution < 1.29 is 4.79 Å². The molecule has 4 heteroatoms. The number of nitrogens with two attached hydrogens (primary N) is 1. The number of hydrogen-bond acceptors (Lipinski definition) is 3. The quantitative estimate of drug-likeness (QED) is 0.747. The largest absolute Gasteiger partial charge is 0.363 e. The van der Waals surface area contributed by atoms with Gasteiger partial charge in [-0.05, 0) is 19.4 Å². The van der Waals surface area contributed by atoms with E-state index in [0.717, 1.165) is 24.2 Å². The Labute approximate surface area is 77.2 Å². The highest BCUT2D eigenvalue weighted by molar-refractivity contribution is 5.88. The third-order valence-electron chi connectivity index (χ3n) is 1.63. The summed E-state index contributed by atoms with van der Waals surface area (Å²) in [5.41, 5.74) is 6.75. The van der Waals surface area contributed by atoms with Gasteiger partial charge in [0.05, 0.1) is 0 Å². The van der Waals surface area contributed by atoms with Crippen LogP contribution in [0.15, 0.2) is 6.07 Å². The molecule has 4 nitrogen and oxygen atoms in total. The van der Waals surface area contributed by atoms with Crippen molar-refractivity contribution in [3.8, 4) is 0 Å². The van der Waals surface area contributed by atoms with Gasteiger partial charge in [0.15, 0.2) is 0 Å². The molecular formula is C9H13N3O. The topological polar surface area (TPSA) is 68.9 Å². The second kappa shape index (κ2) is 3.98. The molecule has 1 aromatic rings. The number of primary amides is 1. The van der Waals surface area contributed by atoms with Gasteiger partial charge in [-0.1, -0.05) is 13.3 Å². The van der Waals surface area contributed by atoms with E-state index in [1.165, 1.54) is 0 Å². The lowest BCUT2D eigenvalue weighted by molar-refractivity contribution is 0.0990. The zero-order chi connectivity index (χ0) is 9.84. The first-order valence-corrected chi connectivity index (χ1v) is 4.28. The monoisotopic (exact) mass is 179 g/mol. The number of amides is 1. The summed E-state index contributed by atoms with van der Waals surface area (Å²) in [6.45, 7) is 3.88. The van der Waals surface area contributed by atoms with Crippen molar-refractivity contribution in [3.05, 3.63) is 23.3 Å². The second-order valence-electron chi connectivity index (χ2n) is 2.94. The van der Waals surface area contributed by atoms with E-state index in [1.807, 2.05) is 13.0 Å². The summed E-state index contributed by atoms with van der Waals surface area (Å²) in [6.07, 6.45) is 1.85. The molecular weight excluding hydrogens is 166 g/mol. The number of rotatable bonds is 3. The van der Waals surface area contributed by atoms with Crippen LogP contribution in [0.2, 0.25) is 0 Å². The Balaban J connectivity index is 3.03. The zero-order valence-corrected chi connectivity index (χ0v) is 7.87. The van der Waals surface area contributed by atoms with E-state index in [9.17, 15) is 4.79 Å². The fraction of sp³-hybridized carbons (Fsp3) is 0.444. The third kappa shape index (κ3) is 2.50. The predicted octanol–water partition coefficient (Wildman–Crippen LogP) is 0.836. The highest BCUT2D eigenvalue weighted by atomic mass is 16.1. The molecule has 2 N–H and O–H groups in total. The van der Waals surface area contributed by atoms with Crippen LogP contribution in [0.4, 0.5) is 0 Å². The Kier molecular flexibility index (Phi) is 2.95. The summed E-state index contributed by atoms with van der Waals surface area (Å²) in [6, 6.07) is 1.87. The van der Waals surface area contributed by atoms with Gasteiger partial charge in [-0.15, -0.1) is 0 Å². The van der Waals surface area contributed by atoms with Crippen molar-refractivity contribution >= 4 is 5.91 Å². The molecule has 0 saturated carbocycles. The normalized spacial score (nSPS) is 10.0. The Morgan fingerprint density at radius 2 is 2.23 bits per heavy atom. The first-order valence-electron chi connectivity index (χ1n) is 4.28. The van der Waals surface area contributed by atoms with Crippen LogP contribution >= 0.6 is 0 Å². The highest BCUT2D eigenvalue weighted by Gasteiger charge is 2.06. The van der Waals surface area contributed by atoms with E-state index in [1.54, 1.807) is 0 Å². The lowest BCUT2D eigenvalue weighted by Gasteiger charge is -2.01. The van der Waals surface area contributed by atoms with Gasteiger partial charge in [-0.3, -0.25) is 4.79 Å². The summed E-state index contributed by atoms with van der Waals surface area (Å²) in [4.78, 5) is 18.8. The average molecular weight is 179 g/mol. The second-order valence-corrected chi connectivity index (χ2v) is 2.94. The van der Waals surface area contributed by atoms with Crippen LogP contribution in [0.5, 0.6) is 0 Å². The van der Waals surface area contributed by atoms with Gasteiger partial charge in [-0.25, -0.2) is 9.97 Å². The van der Waals surface area contributed by atoms with Crippen LogP contribution in [0.1, 0.15) is 35.4 Å². The molecule has 1 rings (SSSR count). The minimum Gasteiger partial charge on any atom is -0.363 e. The van der Waals surface area contributed by atoms with Crippen LogP contribution in [0.25, 0.3) is 0 Å². The number of aryl methyl sites for hydroxylation is 2. The fourth-order valence-electron chi connectivity index (χ4n) is 1.13. The van der Waals surface area contributed by atoms with Crippen LogP contribution in [-0.2, 0) is 6.42 Å². The Morgan fingerprint density at radius 1 is 1.54 bits per heavy atom. The molecule has 0 spiro atoms. The molecule has 0 aliphatic carbocycles. The standard InChI is InChI=1S/C9H13N3O/c1-3-4-7-5-6(2)11-9(12-7)8(10)13/h5H,3-4H2,1-2H3,(H2,10,13). The molecule has 0 aromatic carbocycles. The molecule has 0 bridgehead atoms. The summed E-state index contributed by atoms with van der Waals surface area (Å²) < 4.78 is 0. The number of hydrogen-bond donors (Lipinski definition) is 1. The van der Waals surface area contributed by atoms with Gasteiger partial charge in [0.2, 0.25) is 5.82 Å². The molecule has 0 atom stereocenters. The van der Waals surface area contributed by atoms with Crippen LogP contribution in [0.3, 0.4) is 0 Å². The molecule has 0 radical (unpaired) electrons. The lowest BCUT2D eigenvalue weighted by Crippen LogP contribution is -2.16. The van der Waals surface area contributed by atoms with E-state index in [-0.39, 0.29) is 5.82 Å². The zero-order valence-electron chi connectivity index (χ0n) is 7.87. The Hall–Kier alpha value is -1.45. The van der Waals surface area contributed by atoms with Gasteiger partial charge in [0, 0.05) is 11.4 Å². The maximum atomic E-state index is 10.8. The number of carbonyl (C=O) groups is 1. The summed E-state index contributed by atoms with van der Waals surface area (Å²) >= 11 is 0. The molecule has 0 aliphatic heterocycles. The van der Waals surface area contributed by atoms with Gasteiger partial charge < -0.3 is 5.73 Å². The van der Waals surface area contributed by atoms with E-state index >= 15 is 0 Å². The van der Waals surface area contributed by atoms with Gasteiger partial charge >= 0.3 is 0 Å². The number of carbonyl (C=O) groups excluding carboxylic acids is 1. The first-order chi connectivity index (χ1) is 6.13. The molecule has 0 saturated heterocycles. The van der Waals surface area contributed by atoms with E-state index in [0.29, 0.717) is 0 Å². The minimum absolute atomic E-state index is 0.114. The number of aromatic nitrogens is 2. The molecule has 70 valence electrons. The maximum absolute atomic E-state index is 10.8. The minimum atomic E-state index is -0.568. The summed E-state index contributed by atoms with van der Waals surface area (Å²) in [5.74, 6) is -0.454. The number of nitrogens with zero attached hydrogens (tertiary/aromatic N) is 2. The van der Waals surface area contributed by atoms with Crippen molar-refractivity contribution in [1.82, 2.24) is 9.97 Å². The van der Waals surface area contributed by atoms with Crippen molar-refractivity contribution in [2.45, 2.75) is 26.7 Å². The molecule has 0 fully saturated rings. The van der Waals surface area contributed by atoms with E-state index in [2.05, 4.69) is 16.9 Å². The van der Waals surface area contributed by atoms with E-state index < -0.39 is 5.91 Å². The lowest BCUT2D eigenvalue weighted by atomic mass is 10.2. The molecule has 0 aliphatic rings. The van der Waals surface area contributed by atoms with Crippen molar-refractivity contribution in [2.75, 3.05) is 0 Å². The molecule has 1 heterocycles. The molecule has 1 aromatic heterocycles. The van der Waals surface area contributed by atoms with E-state index in [4.69, 9.17) is 5.73 Å². The van der Waals surface area contributed by atoms with Gasteiger partial charge in [0.1, 0.15) is 0 Å². The van der Waals surface area contributed by atoms with Crippen molar-refractivity contribution in [3.63, 3.8) is 0 Å². The predicted molar refractivity (Wildman–Crippen MR) is 49.3 cm³/mol. The third-order valence-corrected chi connectivity index (χ3v) is 1.63. The first kappa shape index (κ1) is 9.64. The average Bonchev–Trinajstić information content (AvgIpc) is 2.03. The Bertz CT molecular complexity index is 323. The van der Waals surface area contributed by atoms with Gasteiger partial charge in [0.25, 0.3) is 5.91 Å². The van der Waals surface area contributed by atoms with Crippen molar-refractivity contribution in [1.29, 1.82) is 0 Å². The fourth-order valence-corrected chi connectivity index (χ4v) is 1.13. The van der Waals surface area contributed by atoms with Gasteiger partial charge in [-0.2, -0.15) is 0 Å². The smallest absolute Gasteiger partial charge is 0.286 e. The summed E-state index contributed by atoms with van der Waals surface area (Å²) in [7, 11) is 0. The van der Waals surface area contributed by atoms with Crippen LogP contribution in [-0.4, -0.2) is 15.9 Å². The molecule has 1 amide bonds. The SMILES string of the molecule is CCCc1cc(C)nc(C(N)=O)n1. The maximum Gasteiger partial charge on any atom is 0.286 e.